The molecule has 6 heteroatoms. The van der Waals surface area contributed by atoms with Crippen LogP contribution in [-0.2, 0) is 11.3 Å². The molecular weight excluding hydrogens is 404 g/mol. The van der Waals surface area contributed by atoms with Crippen LogP contribution in [-0.4, -0.2) is 51.3 Å². The second-order valence-electron chi connectivity index (χ2n) is 6.65. The van der Waals surface area contributed by atoms with Gasteiger partial charge in [-0.25, -0.2) is 4.98 Å². The van der Waals surface area contributed by atoms with Crippen molar-refractivity contribution in [3.05, 3.63) is 76.7 Å². The lowest BCUT2D eigenvalue weighted by atomic mass is 10.2. The second kappa shape index (κ2) is 8.06. The van der Waals surface area contributed by atoms with Crippen molar-refractivity contribution in [3.8, 4) is 0 Å². The molecule has 3 heterocycles. The van der Waals surface area contributed by atoms with Crippen molar-refractivity contribution in [1.82, 2.24) is 19.2 Å². The molecular formula is C21H21BrN4O. The summed E-state index contributed by atoms with van der Waals surface area (Å²) in [6.07, 6.45) is 7.63. The SMILES string of the molecule is O=C(/C=C/c1ccccc1Br)N1CCN(Cc2cn3ccccc3n2)CC1. The number of hydrogen-bond donors (Lipinski definition) is 0. The molecule has 0 N–H and O–H groups in total. The topological polar surface area (TPSA) is 40.9 Å². The third-order valence-corrected chi connectivity index (χ3v) is 5.52. The summed E-state index contributed by atoms with van der Waals surface area (Å²) < 4.78 is 3.04. The molecule has 138 valence electrons. The monoisotopic (exact) mass is 424 g/mol. The Hall–Kier alpha value is -2.44. The fourth-order valence-corrected chi connectivity index (χ4v) is 3.71. The van der Waals surface area contributed by atoms with Gasteiger partial charge in [-0.2, -0.15) is 0 Å². The summed E-state index contributed by atoms with van der Waals surface area (Å²) in [7, 11) is 0. The fraction of sp³-hybridized carbons (Fsp3) is 0.238. The lowest BCUT2D eigenvalue weighted by molar-refractivity contribution is -0.127. The molecule has 0 radical (unpaired) electrons. The number of hydrogen-bond acceptors (Lipinski definition) is 3. The third-order valence-electron chi connectivity index (χ3n) is 4.79. The van der Waals surface area contributed by atoms with Gasteiger partial charge >= 0.3 is 0 Å². The average molecular weight is 425 g/mol. The average Bonchev–Trinajstić information content (AvgIpc) is 3.10. The van der Waals surface area contributed by atoms with Crippen LogP contribution in [0.2, 0.25) is 0 Å². The normalized spacial score (nSPS) is 15.7. The van der Waals surface area contributed by atoms with Gasteiger partial charge in [0.1, 0.15) is 5.65 Å². The number of imidazole rings is 1. The number of amides is 1. The van der Waals surface area contributed by atoms with Crippen molar-refractivity contribution in [2.75, 3.05) is 26.2 Å². The van der Waals surface area contributed by atoms with E-state index in [4.69, 9.17) is 0 Å². The molecule has 3 aromatic rings. The van der Waals surface area contributed by atoms with Crippen LogP contribution in [0.5, 0.6) is 0 Å². The molecule has 0 unspecified atom stereocenters. The summed E-state index contributed by atoms with van der Waals surface area (Å²) in [6.45, 7) is 4.03. The molecule has 1 fully saturated rings. The Bertz CT molecular complexity index is 940. The number of halogens is 1. The van der Waals surface area contributed by atoms with E-state index in [1.54, 1.807) is 6.08 Å². The van der Waals surface area contributed by atoms with Crippen LogP contribution < -0.4 is 0 Å². The first-order valence-electron chi connectivity index (χ1n) is 9.05. The Morgan fingerprint density at radius 3 is 2.63 bits per heavy atom. The van der Waals surface area contributed by atoms with Crippen LogP contribution >= 0.6 is 15.9 Å². The van der Waals surface area contributed by atoms with Gasteiger partial charge in [0.15, 0.2) is 0 Å². The van der Waals surface area contributed by atoms with Crippen LogP contribution in [0.1, 0.15) is 11.3 Å². The molecule has 0 spiro atoms. The number of carbonyl (C=O) groups excluding carboxylic acids is 1. The first-order valence-corrected chi connectivity index (χ1v) is 9.85. The number of aromatic nitrogens is 2. The predicted octanol–water partition coefficient (Wildman–Crippen LogP) is 3.45. The van der Waals surface area contributed by atoms with Crippen molar-refractivity contribution in [3.63, 3.8) is 0 Å². The molecule has 0 atom stereocenters. The van der Waals surface area contributed by atoms with Gasteiger partial charge in [-0.3, -0.25) is 9.69 Å². The fourth-order valence-electron chi connectivity index (χ4n) is 3.30. The maximum atomic E-state index is 12.5. The molecule has 1 saturated heterocycles. The first-order chi connectivity index (χ1) is 13.2. The van der Waals surface area contributed by atoms with Gasteiger partial charge in [-0.1, -0.05) is 40.2 Å². The van der Waals surface area contributed by atoms with E-state index in [2.05, 4.69) is 32.0 Å². The number of piperazine rings is 1. The van der Waals surface area contributed by atoms with Gasteiger partial charge in [0.2, 0.25) is 5.91 Å². The molecule has 5 nitrogen and oxygen atoms in total. The van der Waals surface area contributed by atoms with E-state index >= 15 is 0 Å². The lowest BCUT2D eigenvalue weighted by Gasteiger charge is -2.33. The van der Waals surface area contributed by atoms with Gasteiger partial charge in [0.25, 0.3) is 0 Å². The zero-order chi connectivity index (χ0) is 18.6. The van der Waals surface area contributed by atoms with E-state index < -0.39 is 0 Å². The summed E-state index contributed by atoms with van der Waals surface area (Å²) in [5.74, 6) is 0.0677. The van der Waals surface area contributed by atoms with Crippen molar-refractivity contribution in [2.24, 2.45) is 0 Å². The van der Waals surface area contributed by atoms with E-state index in [9.17, 15) is 4.79 Å². The Kier molecular flexibility index (Phi) is 5.36. The quantitative estimate of drug-likeness (QED) is 0.602. The van der Waals surface area contributed by atoms with Gasteiger partial charge < -0.3 is 9.30 Å². The van der Waals surface area contributed by atoms with Gasteiger partial charge in [-0.15, -0.1) is 0 Å². The molecule has 1 aliphatic heterocycles. The number of rotatable bonds is 4. The summed E-state index contributed by atoms with van der Waals surface area (Å²) in [4.78, 5) is 21.4. The highest BCUT2D eigenvalue weighted by Crippen LogP contribution is 2.17. The minimum atomic E-state index is 0.0677. The van der Waals surface area contributed by atoms with E-state index in [0.29, 0.717) is 0 Å². The molecule has 0 aliphatic carbocycles. The number of nitrogens with zero attached hydrogens (tertiary/aromatic N) is 4. The summed E-state index contributed by atoms with van der Waals surface area (Å²) >= 11 is 3.50. The van der Waals surface area contributed by atoms with Crippen LogP contribution in [0.15, 0.2) is 65.4 Å². The highest BCUT2D eigenvalue weighted by molar-refractivity contribution is 9.10. The molecule has 1 amide bonds. The smallest absolute Gasteiger partial charge is 0.246 e. The number of carbonyl (C=O) groups is 1. The minimum absolute atomic E-state index is 0.0677. The lowest BCUT2D eigenvalue weighted by Crippen LogP contribution is -2.47. The Morgan fingerprint density at radius 1 is 1.07 bits per heavy atom. The molecule has 27 heavy (non-hydrogen) atoms. The van der Waals surface area contributed by atoms with E-state index in [1.165, 1.54) is 0 Å². The van der Waals surface area contributed by atoms with Crippen molar-refractivity contribution < 1.29 is 4.79 Å². The molecule has 0 bridgehead atoms. The zero-order valence-electron chi connectivity index (χ0n) is 15.0. The highest BCUT2D eigenvalue weighted by Gasteiger charge is 2.20. The standard InChI is InChI=1S/C21H21BrN4O/c22-19-6-2-1-5-17(19)8-9-21(27)25-13-11-24(12-14-25)15-18-16-26-10-4-3-7-20(26)23-18/h1-10,16H,11-15H2/b9-8+. The van der Waals surface area contributed by atoms with Gasteiger partial charge in [0.05, 0.1) is 5.69 Å². The molecule has 1 aliphatic rings. The van der Waals surface area contributed by atoms with E-state index in [-0.39, 0.29) is 5.91 Å². The van der Waals surface area contributed by atoms with Crippen molar-refractivity contribution in [2.45, 2.75) is 6.54 Å². The number of fused-ring (bicyclic) bond motifs is 1. The molecule has 2 aromatic heterocycles. The van der Waals surface area contributed by atoms with Gasteiger partial charge in [-0.05, 0) is 29.8 Å². The van der Waals surface area contributed by atoms with Gasteiger partial charge in [0, 0.05) is 55.7 Å². The first kappa shape index (κ1) is 17.9. The van der Waals surface area contributed by atoms with Crippen LogP contribution in [0.4, 0.5) is 0 Å². The summed E-state index contributed by atoms with van der Waals surface area (Å²) in [5, 5.41) is 0. The Morgan fingerprint density at radius 2 is 1.85 bits per heavy atom. The highest BCUT2D eigenvalue weighted by atomic mass is 79.9. The molecule has 1 aromatic carbocycles. The predicted molar refractivity (Wildman–Crippen MR) is 110 cm³/mol. The number of benzene rings is 1. The number of pyridine rings is 1. The summed E-state index contributed by atoms with van der Waals surface area (Å²) in [6, 6.07) is 13.9. The van der Waals surface area contributed by atoms with E-state index in [0.717, 1.165) is 54.1 Å². The Balaban J connectivity index is 1.31. The van der Waals surface area contributed by atoms with E-state index in [1.807, 2.05) is 64.0 Å². The Labute approximate surface area is 167 Å². The van der Waals surface area contributed by atoms with Crippen molar-refractivity contribution in [1.29, 1.82) is 0 Å². The molecule has 0 saturated carbocycles. The second-order valence-corrected chi connectivity index (χ2v) is 7.51. The van der Waals surface area contributed by atoms with Crippen LogP contribution in [0.3, 0.4) is 0 Å². The maximum absolute atomic E-state index is 12.5. The van der Waals surface area contributed by atoms with Crippen LogP contribution in [0, 0.1) is 0 Å². The molecule has 4 rings (SSSR count). The maximum Gasteiger partial charge on any atom is 0.246 e. The van der Waals surface area contributed by atoms with Crippen molar-refractivity contribution >= 4 is 33.6 Å². The zero-order valence-corrected chi connectivity index (χ0v) is 16.5. The largest absolute Gasteiger partial charge is 0.337 e. The van der Waals surface area contributed by atoms with Crippen LogP contribution in [0.25, 0.3) is 11.7 Å². The minimum Gasteiger partial charge on any atom is -0.337 e. The third kappa shape index (κ3) is 4.28. The summed E-state index contributed by atoms with van der Waals surface area (Å²) in [5.41, 5.74) is 3.05.